The van der Waals surface area contributed by atoms with Crippen LogP contribution >= 0.6 is 0 Å². The minimum atomic E-state index is -1.80. The van der Waals surface area contributed by atoms with Crippen LogP contribution in [0, 0.1) is 45.3 Å². The summed E-state index contributed by atoms with van der Waals surface area (Å²) in [6.07, 6.45) is -15.8. The molecule has 3 saturated heterocycles. The zero-order valence-corrected chi connectivity index (χ0v) is 40.3. The molecule has 3 heterocycles. The summed E-state index contributed by atoms with van der Waals surface area (Å²) in [5.74, 6) is -0.422. The van der Waals surface area contributed by atoms with E-state index in [-0.39, 0.29) is 40.9 Å². The highest BCUT2D eigenvalue weighted by Crippen LogP contribution is 2.76. The molecule has 0 unspecified atom stereocenters. The Balaban J connectivity index is 1.14. The van der Waals surface area contributed by atoms with Crippen molar-refractivity contribution in [1.29, 1.82) is 0 Å². The zero-order valence-electron chi connectivity index (χ0n) is 40.3. The van der Waals surface area contributed by atoms with E-state index in [1.165, 1.54) is 0 Å². The van der Waals surface area contributed by atoms with Crippen LogP contribution in [0.2, 0.25) is 0 Å². The summed E-state index contributed by atoms with van der Waals surface area (Å²) in [6, 6.07) is 0. The average molecular weight is 963 g/mol. The van der Waals surface area contributed by atoms with Crippen molar-refractivity contribution in [1.82, 2.24) is 0 Å². The van der Waals surface area contributed by atoms with Crippen molar-refractivity contribution in [3.05, 3.63) is 12.2 Å². The van der Waals surface area contributed by atoms with Gasteiger partial charge in [0.05, 0.1) is 43.2 Å². The lowest BCUT2D eigenvalue weighted by atomic mass is 9.35. The molecule has 67 heavy (non-hydrogen) atoms. The lowest BCUT2D eigenvalue weighted by Crippen LogP contribution is -2.68. The van der Waals surface area contributed by atoms with E-state index in [0.717, 1.165) is 19.3 Å². The summed E-state index contributed by atoms with van der Waals surface area (Å²) in [7, 11) is 0. The van der Waals surface area contributed by atoms with Crippen molar-refractivity contribution in [2.45, 2.75) is 222 Å². The van der Waals surface area contributed by atoms with Crippen molar-refractivity contribution in [2.75, 3.05) is 19.8 Å². The monoisotopic (exact) mass is 963 g/mol. The Labute approximate surface area is 393 Å². The molecule has 4 saturated carbocycles. The first-order valence-electron chi connectivity index (χ1n) is 24.4. The molecule has 7 rings (SSSR count). The van der Waals surface area contributed by atoms with Gasteiger partial charge in [-0.15, -0.1) is 0 Å². The van der Waals surface area contributed by atoms with E-state index in [1.54, 1.807) is 19.9 Å². The molecule has 4 aliphatic carbocycles. The van der Waals surface area contributed by atoms with Gasteiger partial charge in [-0.25, -0.2) is 0 Å². The van der Waals surface area contributed by atoms with Gasteiger partial charge in [-0.1, -0.05) is 46.8 Å². The molecule has 3 aliphatic heterocycles. The molecule has 0 aromatic heterocycles. The van der Waals surface area contributed by atoms with E-state index < -0.39 is 146 Å². The number of rotatable bonds is 13. The molecular weight excluding hydrogens is 881 g/mol. The Morgan fingerprint density at radius 2 is 1.10 bits per heavy atom. The number of ether oxygens (including phenoxy) is 6. The highest BCUT2D eigenvalue weighted by Gasteiger charge is 2.72. The van der Waals surface area contributed by atoms with Crippen LogP contribution in [0.4, 0.5) is 0 Å². The van der Waals surface area contributed by atoms with Gasteiger partial charge in [0.2, 0.25) is 0 Å². The first-order chi connectivity index (χ1) is 31.1. The molecule has 0 amide bonds. The molecule has 0 aromatic carbocycles. The van der Waals surface area contributed by atoms with Gasteiger partial charge >= 0.3 is 0 Å². The molecule has 0 radical (unpaired) electrons. The second-order valence-corrected chi connectivity index (χ2v) is 23.3. The van der Waals surface area contributed by atoms with Gasteiger partial charge in [0.25, 0.3) is 0 Å². The average Bonchev–Trinajstić information content (AvgIpc) is 3.65. The smallest absolute Gasteiger partial charge is 0.187 e. The fraction of sp³-hybridized carbons (Fsp3) is 0.958. The van der Waals surface area contributed by atoms with Crippen LogP contribution < -0.4 is 0 Å². The fourth-order valence-corrected chi connectivity index (χ4v) is 14.8. The standard InChI is InChI=1S/C48H82O19/c1-43(2,61)13-9-14-48(8,67-41-38(60)35(57)32(54)25(20-50)63-41)22-10-16-47(7)30(22)23(52)18-28-45(5)15-12-29(44(3,4)27(45)11-17-46(28,47)6)65-42-39(36(58)33(55)26(21-51)64-42)66-40-37(59)34(56)31(53)24(19-49)62-40/h9,13,22-42,49-61H,10-12,14-21H2,1-8H3/b13-9+/t22-,23-,24-,25+,26-,27+,28-,29+,30+,31+,32+,33-,34+,35-,36+,37+,38+,39+,40+,41-,42+,45-,46+,47-,48+/m1/s1. The molecule has 25 atom stereocenters. The molecule has 13 N–H and O–H groups in total. The largest absolute Gasteiger partial charge is 0.394 e. The van der Waals surface area contributed by atoms with Gasteiger partial charge in [-0.2, -0.15) is 0 Å². The van der Waals surface area contributed by atoms with E-state index in [1.807, 2.05) is 13.0 Å². The van der Waals surface area contributed by atoms with Crippen LogP contribution in [-0.4, -0.2) is 202 Å². The molecule has 388 valence electrons. The van der Waals surface area contributed by atoms with E-state index >= 15 is 0 Å². The highest BCUT2D eigenvalue weighted by atomic mass is 16.8. The van der Waals surface area contributed by atoms with Crippen molar-refractivity contribution in [3.8, 4) is 0 Å². The van der Waals surface area contributed by atoms with E-state index in [0.29, 0.717) is 25.7 Å². The van der Waals surface area contributed by atoms with Crippen molar-refractivity contribution >= 4 is 0 Å². The molecule has 0 aromatic rings. The molecule has 0 spiro atoms. The molecule has 7 aliphatic rings. The maximum atomic E-state index is 12.7. The third-order valence-corrected chi connectivity index (χ3v) is 18.7. The third-order valence-electron chi connectivity index (χ3n) is 18.7. The van der Waals surface area contributed by atoms with Gasteiger partial charge in [0.1, 0.15) is 73.2 Å². The van der Waals surface area contributed by atoms with Crippen LogP contribution in [0.15, 0.2) is 12.2 Å². The molecule has 7 fully saturated rings. The second kappa shape index (κ2) is 19.4. The molecule has 19 heteroatoms. The topological polar surface area (TPSA) is 318 Å². The molecular formula is C48H82O19. The Morgan fingerprint density at radius 3 is 1.67 bits per heavy atom. The summed E-state index contributed by atoms with van der Waals surface area (Å²) < 4.78 is 37.1. The molecule has 0 bridgehead atoms. The van der Waals surface area contributed by atoms with E-state index in [9.17, 15) is 66.4 Å². The van der Waals surface area contributed by atoms with Crippen LogP contribution in [0.3, 0.4) is 0 Å². The Kier molecular flexibility index (Phi) is 15.6. The maximum Gasteiger partial charge on any atom is 0.187 e. The van der Waals surface area contributed by atoms with Crippen LogP contribution in [-0.2, 0) is 28.4 Å². The van der Waals surface area contributed by atoms with E-state index in [2.05, 4.69) is 34.6 Å². The van der Waals surface area contributed by atoms with Gasteiger partial charge in [0.15, 0.2) is 18.9 Å². The van der Waals surface area contributed by atoms with E-state index in [4.69, 9.17) is 28.4 Å². The quantitative estimate of drug-likeness (QED) is 0.0773. The van der Waals surface area contributed by atoms with Crippen molar-refractivity contribution in [2.24, 2.45) is 45.3 Å². The second-order valence-electron chi connectivity index (χ2n) is 23.3. The van der Waals surface area contributed by atoms with Gasteiger partial charge in [0, 0.05) is 0 Å². The predicted molar refractivity (Wildman–Crippen MR) is 235 cm³/mol. The number of hydrogen-bond donors (Lipinski definition) is 13. The molecule has 19 nitrogen and oxygen atoms in total. The minimum absolute atomic E-state index is 0.0608. The number of fused-ring (bicyclic) bond motifs is 5. The summed E-state index contributed by atoms with van der Waals surface area (Å²) >= 11 is 0. The van der Waals surface area contributed by atoms with Crippen molar-refractivity contribution < 1.29 is 94.8 Å². The Bertz CT molecular complexity index is 1710. The van der Waals surface area contributed by atoms with Crippen LogP contribution in [0.1, 0.15) is 107 Å². The normalized spacial score (nSPS) is 52.3. The highest BCUT2D eigenvalue weighted by molar-refractivity contribution is 5.21. The number of hydrogen-bond acceptors (Lipinski definition) is 19. The number of aliphatic hydroxyl groups excluding tert-OH is 12. The van der Waals surface area contributed by atoms with Crippen LogP contribution in [0.25, 0.3) is 0 Å². The minimum Gasteiger partial charge on any atom is -0.394 e. The lowest BCUT2D eigenvalue weighted by molar-refractivity contribution is -0.378. The Hall–Kier alpha value is -1.02. The zero-order chi connectivity index (χ0) is 49.6. The van der Waals surface area contributed by atoms with Crippen molar-refractivity contribution in [3.63, 3.8) is 0 Å². The van der Waals surface area contributed by atoms with Gasteiger partial charge in [-0.3, -0.25) is 0 Å². The first kappa shape index (κ1) is 53.8. The maximum absolute atomic E-state index is 12.7. The number of aliphatic hydroxyl groups is 13. The Morgan fingerprint density at radius 1 is 0.582 bits per heavy atom. The summed E-state index contributed by atoms with van der Waals surface area (Å²) in [5, 5.41) is 139. The lowest BCUT2D eigenvalue weighted by Gasteiger charge is -2.71. The van der Waals surface area contributed by atoms with Crippen LogP contribution in [0.5, 0.6) is 0 Å². The fourth-order valence-electron chi connectivity index (χ4n) is 14.8. The van der Waals surface area contributed by atoms with Gasteiger partial charge < -0.3 is 94.8 Å². The first-order valence-corrected chi connectivity index (χ1v) is 24.4. The summed E-state index contributed by atoms with van der Waals surface area (Å²) in [6.45, 7) is 14.5. The summed E-state index contributed by atoms with van der Waals surface area (Å²) in [4.78, 5) is 0. The predicted octanol–water partition coefficient (Wildman–Crippen LogP) is -1.06. The summed E-state index contributed by atoms with van der Waals surface area (Å²) in [5.41, 5.74) is -3.75. The third kappa shape index (κ3) is 9.24. The van der Waals surface area contributed by atoms with Gasteiger partial charge in [-0.05, 0) is 117 Å². The SMILES string of the molecule is CC(C)(O)/C=C/C[C@](C)(O[C@H]1O[C@@H](CO)[C@H](O)[C@@H](O)[C@@H]1O)[C@@H]1CC[C@]2(C)[C@@H]1[C@H](O)C[C@@H]1[C@]3(C)CC[C@H](O[C@@H]4O[C@H](CO)[C@@H](O)[C@H](O)[C@@H]4O[C@@H]4O[C@H](CO)[C@H](O)[C@H](O)[C@@H]4O)C(C)(C)[C@@H]3CC[C@@]12C.